The van der Waals surface area contributed by atoms with Gasteiger partial charge in [-0.05, 0) is 47.4 Å². The van der Waals surface area contributed by atoms with Crippen LogP contribution in [0.25, 0.3) is 10.8 Å². The summed E-state index contributed by atoms with van der Waals surface area (Å²) in [5.41, 5.74) is 1.42. The van der Waals surface area contributed by atoms with E-state index in [2.05, 4.69) is 41.7 Å². The molecular formula is C15H17NO. The molecule has 0 bridgehead atoms. The molecule has 0 radical (unpaired) electrons. The zero-order valence-corrected chi connectivity index (χ0v) is 10.1. The summed E-state index contributed by atoms with van der Waals surface area (Å²) in [6.45, 7) is 2.20. The monoisotopic (exact) mass is 227 g/mol. The predicted molar refractivity (Wildman–Crippen MR) is 70.7 cm³/mol. The number of ether oxygens (including phenoxy) is 1. The molecule has 0 amide bonds. The van der Waals surface area contributed by atoms with Crippen molar-refractivity contribution in [1.82, 2.24) is 5.32 Å². The van der Waals surface area contributed by atoms with Crippen LogP contribution in [0.1, 0.15) is 17.9 Å². The summed E-state index contributed by atoms with van der Waals surface area (Å²) in [7, 11) is 1.74. The minimum atomic E-state index is 0.620. The van der Waals surface area contributed by atoms with Gasteiger partial charge >= 0.3 is 0 Å². The average molecular weight is 227 g/mol. The molecule has 17 heavy (non-hydrogen) atoms. The van der Waals surface area contributed by atoms with Gasteiger partial charge in [0, 0.05) is 6.54 Å². The lowest BCUT2D eigenvalue weighted by molar-refractivity contribution is 0.414. The van der Waals surface area contributed by atoms with E-state index in [4.69, 9.17) is 4.74 Å². The van der Waals surface area contributed by atoms with Crippen molar-refractivity contribution in [1.29, 1.82) is 0 Å². The van der Waals surface area contributed by atoms with Crippen LogP contribution >= 0.6 is 0 Å². The van der Waals surface area contributed by atoms with Crippen molar-refractivity contribution in [2.75, 3.05) is 20.2 Å². The lowest BCUT2D eigenvalue weighted by atomic mass is 9.92. The van der Waals surface area contributed by atoms with Gasteiger partial charge in [0.1, 0.15) is 5.75 Å². The molecule has 0 aliphatic carbocycles. The van der Waals surface area contributed by atoms with E-state index >= 15 is 0 Å². The van der Waals surface area contributed by atoms with Gasteiger partial charge < -0.3 is 10.1 Å². The highest BCUT2D eigenvalue weighted by Crippen LogP contribution is 2.33. The molecule has 1 atom stereocenters. The smallest absolute Gasteiger partial charge is 0.119 e. The number of nitrogens with one attached hydrogen (secondary N) is 1. The summed E-state index contributed by atoms with van der Waals surface area (Å²) in [4.78, 5) is 0. The second-order valence-corrected chi connectivity index (χ2v) is 4.63. The number of fused-ring (bicyclic) bond motifs is 1. The minimum Gasteiger partial charge on any atom is -0.497 e. The molecule has 0 aromatic heterocycles. The van der Waals surface area contributed by atoms with Crippen molar-refractivity contribution in [2.24, 2.45) is 0 Å². The van der Waals surface area contributed by atoms with E-state index in [1.807, 2.05) is 0 Å². The van der Waals surface area contributed by atoms with Crippen LogP contribution in [0.15, 0.2) is 36.4 Å². The fourth-order valence-corrected chi connectivity index (χ4v) is 2.69. The lowest BCUT2D eigenvalue weighted by Gasteiger charge is -2.14. The first-order chi connectivity index (χ1) is 8.38. The summed E-state index contributed by atoms with van der Waals surface area (Å²) >= 11 is 0. The highest BCUT2D eigenvalue weighted by atomic mass is 16.5. The van der Waals surface area contributed by atoms with E-state index in [-0.39, 0.29) is 0 Å². The van der Waals surface area contributed by atoms with Gasteiger partial charge in [0.2, 0.25) is 0 Å². The second kappa shape index (κ2) is 4.38. The van der Waals surface area contributed by atoms with Crippen LogP contribution in [0.2, 0.25) is 0 Å². The molecule has 1 N–H and O–H groups in total. The first kappa shape index (κ1) is 10.6. The Morgan fingerprint density at radius 3 is 2.88 bits per heavy atom. The molecule has 1 aliphatic heterocycles. The van der Waals surface area contributed by atoms with E-state index < -0.39 is 0 Å². The van der Waals surface area contributed by atoms with Gasteiger partial charge in [0.15, 0.2) is 0 Å². The summed E-state index contributed by atoms with van der Waals surface area (Å²) in [5, 5.41) is 6.07. The number of benzene rings is 2. The molecule has 2 heteroatoms. The Bertz CT molecular complexity index is 529. The highest BCUT2D eigenvalue weighted by Gasteiger charge is 2.19. The number of hydrogen-bond acceptors (Lipinski definition) is 2. The molecule has 2 nitrogen and oxygen atoms in total. The summed E-state index contributed by atoms with van der Waals surface area (Å²) in [6, 6.07) is 12.9. The van der Waals surface area contributed by atoms with Gasteiger partial charge in [0.05, 0.1) is 7.11 Å². The number of rotatable bonds is 2. The summed E-state index contributed by atoms with van der Waals surface area (Å²) in [6.07, 6.45) is 1.22. The van der Waals surface area contributed by atoms with Crippen molar-refractivity contribution in [3.63, 3.8) is 0 Å². The molecule has 0 saturated carbocycles. The van der Waals surface area contributed by atoms with Crippen LogP contribution in [0, 0.1) is 0 Å². The zero-order chi connectivity index (χ0) is 11.7. The van der Waals surface area contributed by atoms with E-state index in [1.165, 1.54) is 22.8 Å². The molecule has 0 spiro atoms. The van der Waals surface area contributed by atoms with Gasteiger partial charge in [-0.25, -0.2) is 0 Å². The maximum Gasteiger partial charge on any atom is 0.119 e. The van der Waals surface area contributed by atoms with Gasteiger partial charge in [0.25, 0.3) is 0 Å². The minimum absolute atomic E-state index is 0.620. The maximum atomic E-state index is 5.40. The van der Waals surface area contributed by atoms with Crippen molar-refractivity contribution >= 4 is 10.8 Å². The largest absolute Gasteiger partial charge is 0.497 e. The number of hydrogen-bond donors (Lipinski definition) is 1. The Morgan fingerprint density at radius 1 is 1.24 bits per heavy atom. The fraction of sp³-hybridized carbons (Fsp3) is 0.333. The maximum absolute atomic E-state index is 5.40. The molecule has 1 fully saturated rings. The molecule has 2 aromatic rings. The quantitative estimate of drug-likeness (QED) is 0.851. The van der Waals surface area contributed by atoms with E-state index in [9.17, 15) is 0 Å². The highest BCUT2D eigenvalue weighted by molar-refractivity contribution is 5.87. The molecule has 1 saturated heterocycles. The van der Waals surface area contributed by atoms with Crippen LogP contribution in [0.3, 0.4) is 0 Å². The van der Waals surface area contributed by atoms with Gasteiger partial charge in [-0.3, -0.25) is 0 Å². The Kier molecular flexibility index (Phi) is 2.73. The van der Waals surface area contributed by atoms with Crippen LogP contribution < -0.4 is 10.1 Å². The van der Waals surface area contributed by atoms with E-state index in [0.29, 0.717) is 5.92 Å². The Labute approximate surface area is 102 Å². The van der Waals surface area contributed by atoms with Crippen molar-refractivity contribution < 1.29 is 4.74 Å². The van der Waals surface area contributed by atoms with Crippen LogP contribution in [-0.4, -0.2) is 20.2 Å². The standard InChI is InChI=1S/C15H17NO/c1-17-13-8-11-4-2-3-5-14(11)15(9-13)12-6-7-16-10-12/h2-5,8-9,12,16H,6-7,10H2,1H3. The van der Waals surface area contributed by atoms with E-state index in [1.54, 1.807) is 7.11 Å². The molecule has 1 unspecified atom stereocenters. The topological polar surface area (TPSA) is 21.3 Å². The first-order valence-electron chi connectivity index (χ1n) is 6.16. The Hall–Kier alpha value is -1.54. The fourth-order valence-electron chi connectivity index (χ4n) is 2.69. The van der Waals surface area contributed by atoms with Gasteiger partial charge in [-0.15, -0.1) is 0 Å². The predicted octanol–water partition coefficient (Wildman–Crippen LogP) is 2.93. The molecule has 2 aromatic carbocycles. The zero-order valence-electron chi connectivity index (χ0n) is 10.1. The van der Waals surface area contributed by atoms with Crippen molar-refractivity contribution in [3.05, 3.63) is 42.0 Å². The average Bonchev–Trinajstić information content (AvgIpc) is 2.91. The van der Waals surface area contributed by atoms with Gasteiger partial charge in [-0.1, -0.05) is 24.3 Å². The molecular weight excluding hydrogens is 210 g/mol. The lowest BCUT2D eigenvalue weighted by Crippen LogP contribution is -2.08. The number of methoxy groups -OCH3 is 1. The van der Waals surface area contributed by atoms with Crippen molar-refractivity contribution in [3.8, 4) is 5.75 Å². The normalized spacial score (nSPS) is 19.7. The second-order valence-electron chi connectivity index (χ2n) is 4.63. The first-order valence-corrected chi connectivity index (χ1v) is 6.16. The van der Waals surface area contributed by atoms with E-state index in [0.717, 1.165) is 18.8 Å². The summed E-state index contributed by atoms with van der Waals surface area (Å²) in [5.74, 6) is 1.58. The molecule has 1 aliphatic rings. The Balaban J connectivity index is 2.19. The van der Waals surface area contributed by atoms with Crippen molar-refractivity contribution in [2.45, 2.75) is 12.3 Å². The third-order valence-electron chi connectivity index (χ3n) is 3.60. The van der Waals surface area contributed by atoms with Crippen LogP contribution in [-0.2, 0) is 0 Å². The third kappa shape index (κ3) is 1.89. The van der Waals surface area contributed by atoms with Gasteiger partial charge in [-0.2, -0.15) is 0 Å². The van der Waals surface area contributed by atoms with Crippen LogP contribution in [0.5, 0.6) is 5.75 Å². The summed E-state index contributed by atoms with van der Waals surface area (Å²) < 4.78 is 5.40. The SMILES string of the molecule is COc1cc(C2CCNC2)c2ccccc2c1. The molecule has 1 heterocycles. The molecule has 88 valence electrons. The van der Waals surface area contributed by atoms with Crippen LogP contribution in [0.4, 0.5) is 0 Å². The molecule has 3 rings (SSSR count). The Morgan fingerprint density at radius 2 is 2.12 bits per heavy atom. The third-order valence-corrected chi connectivity index (χ3v) is 3.60.